The molecule has 0 spiro atoms. The van der Waals surface area contributed by atoms with Crippen molar-refractivity contribution in [2.75, 3.05) is 46.1 Å². The summed E-state index contributed by atoms with van der Waals surface area (Å²) in [6, 6.07) is 8.80. The second-order valence-electron chi connectivity index (χ2n) is 7.74. The van der Waals surface area contributed by atoms with Crippen LogP contribution in [0.5, 0.6) is 5.75 Å². The van der Waals surface area contributed by atoms with Crippen LogP contribution in [-0.2, 0) is 0 Å². The van der Waals surface area contributed by atoms with Crippen molar-refractivity contribution in [3.63, 3.8) is 0 Å². The Morgan fingerprint density at radius 3 is 2.71 bits per heavy atom. The molecule has 0 aromatic heterocycles. The quantitative estimate of drug-likeness (QED) is 0.326. The lowest BCUT2D eigenvalue weighted by molar-refractivity contribution is 0.245. The van der Waals surface area contributed by atoms with Crippen LogP contribution < -0.4 is 15.4 Å². The molecule has 7 heteroatoms. The van der Waals surface area contributed by atoms with Gasteiger partial charge in [0.2, 0.25) is 0 Å². The van der Waals surface area contributed by atoms with Crippen LogP contribution in [0, 0.1) is 0 Å². The minimum Gasteiger partial charge on any atom is -0.497 e. The number of ether oxygens (including phenoxy) is 1. The zero-order valence-electron chi connectivity index (χ0n) is 17.4. The smallest absolute Gasteiger partial charge is 0.191 e. The topological polar surface area (TPSA) is 48.9 Å². The van der Waals surface area contributed by atoms with Crippen LogP contribution in [0.4, 0.5) is 0 Å². The van der Waals surface area contributed by atoms with Crippen LogP contribution in [0.3, 0.4) is 0 Å². The Morgan fingerprint density at radius 1 is 1.29 bits per heavy atom. The van der Waals surface area contributed by atoms with Crippen molar-refractivity contribution in [1.82, 2.24) is 15.5 Å². The van der Waals surface area contributed by atoms with E-state index in [9.17, 15) is 0 Å². The first kappa shape index (κ1) is 23.6. The molecule has 28 heavy (non-hydrogen) atoms. The number of nitrogens with zero attached hydrogens (tertiary/aromatic N) is 2. The van der Waals surface area contributed by atoms with E-state index in [2.05, 4.69) is 57.4 Å². The van der Waals surface area contributed by atoms with Gasteiger partial charge in [-0.2, -0.15) is 11.8 Å². The van der Waals surface area contributed by atoms with E-state index in [-0.39, 0.29) is 24.0 Å². The van der Waals surface area contributed by atoms with Gasteiger partial charge in [-0.15, -0.1) is 24.0 Å². The first-order chi connectivity index (χ1) is 13.1. The van der Waals surface area contributed by atoms with E-state index in [1.165, 1.54) is 37.0 Å². The summed E-state index contributed by atoms with van der Waals surface area (Å²) in [7, 11) is 3.59. The third-order valence-corrected chi connectivity index (χ3v) is 7.21. The number of hydrogen-bond acceptors (Lipinski definition) is 4. The lowest BCUT2D eigenvalue weighted by atomic mass is 10.0. The first-order valence-electron chi connectivity index (χ1n) is 10.1. The molecule has 2 aliphatic heterocycles. The van der Waals surface area contributed by atoms with E-state index in [0.717, 1.165) is 37.9 Å². The minimum atomic E-state index is 0. The number of hydrogen-bond donors (Lipinski definition) is 2. The van der Waals surface area contributed by atoms with Crippen LogP contribution >= 0.6 is 35.7 Å². The number of likely N-dealkylation sites (tertiary alicyclic amines) is 1. The van der Waals surface area contributed by atoms with Crippen molar-refractivity contribution >= 4 is 41.7 Å². The molecule has 2 aliphatic rings. The molecule has 1 aromatic carbocycles. The summed E-state index contributed by atoms with van der Waals surface area (Å²) in [5.74, 6) is 3.10. The zero-order chi connectivity index (χ0) is 19.1. The average molecular weight is 519 g/mol. The molecule has 0 saturated carbocycles. The summed E-state index contributed by atoms with van der Waals surface area (Å²) in [4.78, 5) is 7.02. The monoisotopic (exact) mass is 518 g/mol. The minimum absolute atomic E-state index is 0. The number of benzene rings is 1. The van der Waals surface area contributed by atoms with Gasteiger partial charge in [-0.1, -0.05) is 12.1 Å². The fraction of sp³-hybridized carbons (Fsp3) is 0.667. The molecule has 3 rings (SSSR count). The van der Waals surface area contributed by atoms with E-state index in [1.54, 1.807) is 7.11 Å². The SMILES string of the molecule is CN=C(NCC(c1cccc(OC)c1)N1CCCC1)NCC1(C)CCCS1.I. The summed E-state index contributed by atoms with van der Waals surface area (Å²) in [5, 5.41) is 7.12. The van der Waals surface area contributed by atoms with Crippen LogP contribution in [0.15, 0.2) is 29.3 Å². The molecular weight excluding hydrogens is 483 g/mol. The van der Waals surface area contributed by atoms with Gasteiger partial charge in [0.1, 0.15) is 5.75 Å². The van der Waals surface area contributed by atoms with Crippen molar-refractivity contribution < 1.29 is 4.74 Å². The van der Waals surface area contributed by atoms with Gasteiger partial charge >= 0.3 is 0 Å². The summed E-state index contributed by atoms with van der Waals surface area (Å²) >= 11 is 2.08. The molecule has 2 N–H and O–H groups in total. The van der Waals surface area contributed by atoms with Crippen molar-refractivity contribution in [3.8, 4) is 5.75 Å². The maximum atomic E-state index is 5.44. The standard InChI is InChI=1S/C21H34N4OS.HI/c1-21(10-7-13-27-21)16-24-20(22-2)23-15-19(25-11-4-5-12-25)17-8-6-9-18(14-17)26-3;/h6,8-9,14,19H,4-5,7,10-13,15-16H2,1-3H3,(H2,22,23,24);1H. The predicted molar refractivity (Wildman–Crippen MR) is 131 cm³/mol. The van der Waals surface area contributed by atoms with Gasteiger partial charge in [0.05, 0.1) is 13.2 Å². The van der Waals surface area contributed by atoms with Gasteiger partial charge in [-0.3, -0.25) is 9.89 Å². The lowest BCUT2D eigenvalue weighted by Crippen LogP contribution is -2.46. The summed E-state index contributed by atoms with van der Waals surface area (Å²) in [6.07, 6.45) is 5.16. The average Bonchev–Trinajstić information content (AvgIpc) is 3.37. The molecule has 2 saturated heterocycles. The van der Waals surface area contributed by atoms with Crippen molar-refractivity contribution in [3.05, 3.63) is 29.8 Å². The largest absolute Gasteiger partial charge is 0.497 e. The van der Waals surface area contributed by atoms with Gasteiger partial charge in [-0.25, -0.2) is 0 Å². The molecule has 0 aliphatic carbocycles. The Kier molecular flexibility index (Phi) is 9.69. The number of aliphatic imine (C=N–C) groups is 1. The maximum absolute atomic E-state index is 5.44. The number of guanidine groups is 1. The fourth-order valence-corrected chi connectivity index (χ4v) is 5.27. The second-order valence-corrected chi connectivity index (χ2v) is 9.43. The number of methoxy groups -OCH3 is 1. The first-order valence-corrected chi connectivity index (χ1v) is 11.1. The van der Waals surface area contributed by atoms with E-state index >= 15 is 0 Å². The summed E-state index contributed by atoms with van der Waals surface area (Å²) in [6.45, 7) is 6.48. The number of rotatable bonds is 7. The Balaban J connectivity index is 0.00000280. The molecule has 2 unspecified atom stereocenters. The van der Waals surface area contributed by atoms with Crippen LogP contribution in [-0.4, -0.2) is 61.7 Å². The number of halogens is 1. The molecule has 158 valence electrons. The molecule has 2 atom stereocenters. The Hall–Kier alpha value is -0.670. The van der Waals surface area contributed by atoms with Crippen molar-refractivity contribution in [1.29, 1.82) is 0 Å². The fourth-order valence-electron chi connectivity index (χ4n) is 4.02. The highest BCUT2D eigenvalue weighted by atomic mass is 127. The Bertz CT molecular complexity index is 631. The van der Waals surface area contributed by atoms with E-state index in [0.29, 0.717) is 10.8 Å². The summed E-state index contributed by atoms with van der Waals surface area (Å²) in [5.41, 5.74) is 1.30. The van der Waals surface area contributed by atoms with Gasteiger partial charge in [0, 0.05) is 24.9 Å². The van der Waals surface area contributed by atoms with Gasteiger partial charge in [0.25, 0.3) is 0 Å². The zero-order valence-corrected chi connectivity index (χ0v) is 20.5. The molecule has 2 heterocycles. The molecule has 2 fully saturated rings. The van der Waals surface area contributed by atoms with Crippen LogP contribution in [0.25, 0.3) is 0 Å². The third-order valence-electron chi connectivity index (χ3n) is 5.68. The number of nitrogens with one attached hydrogen (secondary N) is 2. The van der Waals surface area contributed by atoms with Crippen LogP contribution in [0.1, 0.15) is 44.2 Å². The summed E-state index contributed by atoms with van der Waals surface area (Å²) < 4.78 is 5.78. The second kappa shape index (κ2) is 11.5. The highest BCUT2D eigenvalue weighted by Crippen LogP contribution is 2.36. The molecular formula is C21H35IN4OS. The van der Waals surface area contributed by atoms with Gasteiger partial charge in [-0.05, 0) is 69.1 Å². The van der Waals surface area contributed by atoms with Crippen molar-refractivity contribution in [2.45, 2.75) is 43.4 Å². The lowest BCUT2D eigenvalue weighted by Gasteiger charge is -2.30. The Morgan fingerprint density at radius 2 is 2.07 bits per heavy atom. The predicted octanol–water partition coefficient (Wildman–Crippen LogP) is 3.90. The number of thioether (sulfide) groups is 1. The third kappa shape index (κ3) is 6.42. The maximum Gasteiger partial charge on any atom is 0.191 e. The Labute approximate surface area is 191 Å². The van der Waals surface area contributed by atoms with Gasteiger partial charge in [0.15, 0.2) is 5.96 Å². The van der Waals surface area contributed by atoms with E-state index < -0.39 is 0 Å². The van der Waals surface area contributed by atoms with Crippen molar-refractivity contribution in [2.24, 2.45) is 4.99 Å². The molecule has 0 radical (unpaired) electrons. The molecule has 5 nitrogen and oxygen atoms in total. The van der Waals surface area contributed by atoms with Crippen LogP contribution in [0.2, 0.25) is 0 Å². The molecule has 1 aromatic rings. The van der Waals surface area contributed by atoms with E-state index in [4.69, 9.17) is 4.74 Å². The van der Waals surface area contributed by atoms with Gasteiger partial charge < -0.3 is 15.4 Å². The molecule has 0 amide bonds. The normalized spacial score (nSPS) is 23.9. The highest BCUT2D eigenvalue weighted by molar-refractivity contribution is 14.0. The highest BCUT2D eigenvalue weighted by Gasteiger charge is 2.29. The molecule has 0 bridgehead atoms. The van der Waals surface area contributed by atoms with E-state index in [1.807, 2.05) is 13.1 Å².